The van der Waals surface area contributed by atoms with Gasteiger partial charge in [-0.2, -0.15) is 4.31 Å². The molecular formula is C16H20N2O5S. The van der Waals surface area contributed by atoms with Crippen LogP contribution in [0, 0.1) is 0 Å². The molecule has 0 unspecified atom stereocenters. The summed E-state index contributed by atoms with van der Waals surface area (Å²) in [7, 11) is -3.37. The van der Waals surface area contributed by atoms with Gasteiger partial charge < -0.3 is 4.74 Å². The van der Waals surface area contributed by atoms with Gasteiger partial charge in [-0.3, -0.25) is 14.5 Å². The maximum Gasteiger partial charge on any atom is 0.230 e. The summed E-state index contributed by atoms with van der Waals surface area (Å²) in [6.07, 6.45) is 0.859. The quantitative estimate of drug-likeness (QED) is 0.530. The number of likely N-dealkylation sites (tertiary alicyclic amines) is 1. The number of hydrogen-bond donors (Lipinski definition) is 0. The second kappa shape index (κ2) is 6.90. The Hall–Kier alpha value is -1.93. The van der Waals surface area contributed by atoms with Crippen LogP contribution in [0.25, 0.3) is 0 Å². The first-order chi connectivity index (χ1) is 11.5. The molecule has 0 bridgehead atoms. The Morgan fingerprint density at radius 2 is 1.67 bits per heavy atom. The highest BCUT2D eigenvalue weighted by Gasteiger charge is 2.44. The number of amides is 2. The first-order valence-electron chi connectivity index (χ1n) is 7.98. The van der Waals surface area contributed by atoms with Crippen molar-refractivity contribution in [2.75, 3.05) is 25.4 Å². The Kier molecular flexibility index (Phi) is 4.86. The van der Waals surface area contributed by atoms with E-state index < -0.39 is 10.0 Å². The van der Waals surface area contributed by atoms with Crippen molar-refractivity contribution in [2.24, 2.45) is 0 Å². The maximum absolute atomic E-state index is 12.2. The van der Waals surface area contributed by atoms with Gasteiger partial charge in [-0.05, 0) is 18.6 Å². The molecule has 0 radical (unpaired) electrons. The van der Waals surface area contributed by atoms with Gasteiger partial charge in [-0.25, -0.2) is 8.42 Å². The molecular weight excluding hydrogens is 332 g/mol. The molecule has 0 aromatic heterocycles. The molecule has 2 fully saturated rings. The second-order valence-corrected chi connectivity index (χ2v) is 8.05. The predicted octanol–water partition coefficient (Wildman–Crippen LogP) is 0.618. The SMILES string of the molecule is O=C1CCC(=O)N1C1CN(S(=O)(=O)CCCOc2ccccc2)C1. The van der Waals surface area contributed by atoms with E-state index in [1.54, 1.807) is 0 Å². The molecule has 7 nitrogen and oxygen atoms in total. The van der Waals surface area contributed by atoms with Crippen LogP contribution >= 0.6 is 0 Å². The van der Waals surface area contributed by atoms with Gasteiger partial charge in [-0.1, -0.05) is 18.2 Å². The van der Waals surface area contributed by atoms with Crippen LogP contribution in [0.3, 0.4) is 0 Å². The topological polar surface area (TPSA) is 84.0 Å². The third-order valence-electron chi connectivity index (χ3n) is 4.24. The average Bonchev–Trinajstić information content (AvgIpc) is 2.83. The van der Waals surface area contributed by atoms with E-state index in [0.29, 0.717) is 18.8 Å². The number of benzene rings is 1. The lowest BCUT2D eigenvalue weighted by molar-refractivity contribution is -0.143. The highest BCUT2D eigenvalue weighted by molar-refractivity contribution is 7.89. The number of nitrogens with zero attached hydrogens (tertiary/aromatic N) is 2. The average molecular weight is 352 g/mol. The number of hydrogen-bond acceptors (Lipinski definition) is 5. The molecule has 130 valence electrons. The lowest BCUT2D eigenvalue weighted by Gasteiger charge is -2.41. The molecule has 0 saturated carbocycles. The standard InChI is InChI=1S/C16H20N2O5S/c19-15-7-8-16(20)18(15)13-11-17(12-13)24(21,22)10-4-9-23-14-5-2-1-3-6-14/h1-3,5-6,13H,4,7-12H2. The molecule has 0 atom stereocenters. The van der Waals surface area contributed by atoms with Crippen molar-refractivity contribution in [1.29, 1.82) is 0 Å². The minimum atomic E-state index is -3.37. The van der Waals surface area contributed by atoms with Gasteiger partial charge in [0.2, 0.25) is 21.8 Å². The van der Waals surface area contributed by atoms with E-state index in [1.165, 1.54) is 9.21 Å². The number of sulfonamides is 1. The molecule has 3 rings (SSSR count). The largest absolute Gasteiger partial charge is 0.494 e. The molecule has 2 heterocycles. The Balaban J connectivity index is 1.42. The molecule has 8 heteroatoms. The lowest BCUT2D eigenvalue weighted by Crippen LogP contribution is -2.62. The first kappa shape index (κ1) is 16.9. The van der Waals surface area contributed by atoms with Crippen molar-refractivity contribution in [3.05, 3.63) is 30.3 Å². The fourth-order valence-corrected chi connectivity index (χ4v) is 4.42. The van der Waals surface area contributed by atoms with Crippen molar-refractivity contribution in [2.45, 2.75) is 25.3 Å². The third kappa shape index (κ3) is 3.59. The van der Waals surface area contributed by atoms with E-state index in [2.05, 4.69) is 0 Å². The number of rotatable bonds is 7. The van der Waals surface area contributed by atoms with Crippen LogP contribution in [-0.4, -0.2) is 60.9 Å². The molecule has 1 aromatic rings. The minimum absolute atomic E-state index is 0.00551. The number of ether oxygens (including phenoxy) is 1. The smallest absolute Gasteiger partial charge is 0.230 e. The van der Waals surface area contributed by atoms with Crippen LogP contribution in [0.1, 0.15) is 19.3 Å². The molecule has 24 heavy (non-hydrogen) atoms. The second-order valence-electron chi connectivity index (χ2n) is 5.96. The summed E-state index contributed by atoms with van der Waals surface area (Å²) in [4.78, 5) is 24.5. The zero-order valence-corrected chi connectivity index (χ0v) is 14.1. The molecule has 2 aliphatic heterocycles. The van der Waals surface area contributed by atoms with Gasteiger partial charge in [0, 0.05) is 25.9 Å². The highest BCUT2D eigenvalue weighted by atomic mass is 32.2. The number of para-hydroxylation sites is 1. The summed E-state index contributed by atoms with van der Waals surface area (Å²) in [6.45, 7) is 0.738. The summed E-state index contributed by atoms with van der Waals surface area (Å²) in [5.41, 5.74) is 0. The van der Waals surface area contributed by atoms with Gasteiger partial charge in [-0.15, -0.1) is 0 Å². The lowest BCUT2D eigenvalue weighted by atomic mass is 10.1. The van der Waals surface area contributed by atoms with Crippen LogP contribution < -0.4 is 4.74 Å². The molecule has 2 saturated heterocycles. The van der Waals surface area contributed by atoms with Crippen molar-refractivity contribution in [3.8, 4) is 5.75 Å². The van der Waals surface area contributed by atoms with Gasteiger partial charge >= 0.3 is 0 Å². The summed E-state index contributed by atoms with van der Waals surface area (Å²) < 4.78 is 31.3. The van der Waals surface area contributed by atoms with Crippen molar-refractivity contribution >= 4 is 21.8 Å². The summed E-state index contributed by atoms with van der Waals surface area (Å²) in [5, 5.41) is 0. The minimum Gasteiger partial charge on any atom is -0.494 e. The van der Waals surface area contributed by atoms with E-state index in [9.17, 15) is 18.0 Å². The Labute approximate surface area is 141 Å². The van der Waals surface area contributed by atoms with Gasteiger partial charge in [0.05, 0.1) is 18.4 Å². The zero-order chi connectivity index (χ0) is 17.2. The molecule has 2 aliphatic rings. The molecule has 0 spiro atoms. The van der Waals surface area contributed by atoms with Crippen LogP contribution in [-0.2, 0) is 19.6 Å². The van der Waals surface area contributed by atoms with E-state index in [1.807, 2.05) is 30.3 Å². The third-order valence-corrected chi connectivity index (χ3v) is 6.13. The Morgan fingerprint density at radius 1 is 1.04 bits per heavy atom. The van der Waals surface area contributed by atoms with Crippen molar-refractivity contribution < 1.29 is 22.7 Å². The van der Waals surface area contributed by atoms with Crippen molar-refractivity contribution in [1.82, 2.24) is 9.21 Å². The van der Waals surface area contributed by atoms with Gasteiger partial charge in [0.25, 0.3) is 0 Å². The fraction of sp³-hybridized carbons (Fsp3) is 0.500. The summed E-state index contributed by atoms with van der Waals surface area (Å²) in [5.74, 6) is 0.315. The van der Waals surface area contributed by atoms with E-state index in [4.69, 9.17) is 4.74 Å². The van der Waals surface area contributed by atoms with Crippen LogP contribution in [0.2, 0.25) is 0 Å². The molecule has 0 N–H and O–H groups in total. The predicted molar refractivity (Wildman–Crippen MR) is 86.8 cm³/mol. The van der Waals surface area contributed by atoms with Crippen molar-refractivity contribution in [3.63, 3.8) is 0 Å². The van der Waals surface area contributed by atoms with Crippen LogP contribution in [0.5, 0.6) is 5.75 Å². The number of imide groups is 1. The van der Waals surface area contributed by atoms with E-state index >= 15 is 0 Å². The monoisotopic (exact) mass is 352 g/mol. The summed E-state index contributed by atoms with van der Waals surface area (Å²) >= 11 is 0. The van der Waals surface area contributed by atoms with Gasteiger partial charge in [0.15, 0.2) is 0 Å². The first-order valence-corrected chi connectivity index (χ1v) is 9.59. The maximum atomic E-state index is 12.2. The zero-order valence-electron chi connectivity index (χ0n) is 13.3. The number of carbonyl (C=O) groups is 2. The Bertz CT molecular complexity index is 697. The van der Waals surface area contributed by atoms with E-state index in [-0.39, 0.29) is 49.5 Å². The normalized spacial score (nSPS) is 19.6. The molecule has 2 amide bonds. The fourth-order valence-electron chi connectivity index (χ4n) is 2.89. The van der Waals surface area contributed by atoms with Crippen LogP contribution in [0.15, 0.2) is 30.3 Å². The highest BCUT2D eigenvalue weighted by Crippen LogP contribution is 2.24. The van der Waals surface area contributed by atoms with Crippen LogP contribution in [0.4, 0.5) is 0 Å². The Morgan fingerprint density at radius 3 is 2.29 bits per heavy atom. The molecule has 1 aromatic carbocycles. The van der Waals surface area contributed by atoms with Gasteiger partial charge in [0.1, 0.15) is 5.75 Å². The van der Waals surface area contributed by atoms with E-state index in [0.717, 1.165) is 0 Å². The summed E-state index contributed by atoms with van der Waals surface area (Å²) in [6, 6.07) is 8.92. The molecule has 0 aliphatic carbocycles. The number of carbonyl (C=O) groups excluding carboxylic acids is 2.